The first kappa shape index (κ1) is 23.3. The Kier molecular flexibility index (Phi) is 6.56. The van der Waals surface area contributed by atoms with Crippen LogP contribution in [0.3, 0.4) is 0 Å². The van der Waals surface area contributed by atoms with E-state index in [1.807, 2.05) is 0 Å². The van der Waals surface area contributed by atoms with Crippen LogP contribution in [-0.2, 0) is 31.9 Å². The number of nitrogens with zero attached hydrogens (tertiary/aromatic N) is 6. The second kappa shape index (κ2) is 9.57. The highest BCUT2D eigenvalue weighted by atomic mass is 35.5. The average Bonchev–Trinajstić information content (AvgIpc) is 3.43. The molecule has 34 heavy (non-hydrogen) atoms. The van der Waals surface area contributed by atoms with Crippen LogP contribution in [0.2, 0.25) is 5.02 Å². The maximum Gasteiger partial charge on any atom is 0.332 e. The minimum absolute atomic E-state index is 0.145. The molecular formula is C20H19ClN8O4S. The molecule has 0 spiro atoms. The number of benzene rings is 1. The van der Waals surface area contributed by atoms with Gasteiger partial charge in [-0.25, -0.2) is 9.78 Å². The van der Waals surface area contributed by atoms with Crippen molar-refractivity contribution in [2.24, 2.45) is 14.1 Å². The first-order valence-electron chi connectivity index (χ1n) is 10.0. The van der Waals surface area contributed by atoms with Crippen molar-refractivity contribution in [1.82, 2.24) is 34.2 Å². The Labute approximate surface area is 200 Å². The number of amides is 2. The Morgan fingerprint density at radius 2 is 1.88 bits per heavy atom. The van der Waals surface area contributed by atoms with Crippen LogP contribution in [0.5, 0.6) is 0 Å². The van der Waals surface area contributed by atoms with E-state index in [2.05, 4.69) is 25.8 Å². The number of hydrogen-bond donors (Lipinski definition) is 2. The molecule has 0 aliphatic heterocycles. The van der Waals surface area contributed by atoms with Gasteiger partial charge < -0.3 is 9.88 Å². The van der Waals surface area contributed by atoms with E-state index in [9.17, 15) is 19.2 Å². The fraction of sp³-hybridized carbons (Fsp3) is 0.250. The van der Waals surface area contributed by atoms with E-state index in [1.54, 1.807) is 24.3 Å². The number of halogens is 1. The van der Waals surface area contributed by atoms with Gasteiger partial charge in [-0.3, -0.25) is 28.8 Å². The number of carbonyl (C=O) groups excluding carboxylic acids is 2. The van der Waals surface area contributed by atoms with Crippen molar-refractivity contribution in [1.29, 1.82) is 0 Å². The Morgan fingerprint density at radius 3 is 2.65 bits per heavy atom. The highest BCUT2D eigenvalue weighted by Crippen LogP contribution is 2.17. The van der Waals surface area contributed by atoms with Gasteiger partial charge >= 0.3 is 5.69 Å². The molecule has 4 aromatic rings. The molecule has 176 valence electrons. The Bertz CT molecular complexity index is 1520. The normalized spacial score (nSPS) is 11.0. The van der Waals surface area contributed by atoms with Crippen LogP contribution in [0.25, 0.3) is 11.2 Å². The minimum Gasteiger partial charge on any atom is -0.352 e. The lowest BCUT2D eigenvalue weighted by Gasteiger charge is -2.06. The van der Waals surface area contributed by atoms with E-state index in [0.717, 1.165) is 4.57 Å². The highest BCUT2D eigenvalue weighted by Gasteiger charge is 2.17. The number of carbonyl (C=O) groups is 2. The maximum atomic E-state index is 12.5. The van der Waals surface area contributed by atoms with Gasteiger partial charge in [-0.15, -0.1) is 10.2 Å². The van der Waals surface area contributed by atoms with Gasteiger partial charge in [0.25, 0.3) is 11.5 Å². The predicted molar refractivity (Wildman–Crippen MR) is 126 cm³/mol. The summed E-state index contributed by atoms with van der Waals surface area (Å²) in [5, 5.41) is 14.6. The Hall–Kier alpha value is -3.84. The second-order valence-corrected chi connectivity index (χ2v) is 8.75. The van der Waals surface area contributed by atoms with E-state index in [0.29, 0.717) is 28.6 Å². The number of rotatable bonds is 7. The molecule has 1 aromatic carbocycles. The van der Waals surface area contributed by atoms with Crippen LogP contribution in [0.15, 0.2) is 40.2 Å². The Balaban J connectivity index is 1.36. The number of aromatic nitrogens is 6. The predicted octanol–water partition coefficient (Wildman–Crippen LogP) is 0.550. The lowest BCUT2D eigenvalue weighted by Crippen LogP contribution is -2.37. The molecule has 0 fully saturated rings. The van der Waals surface area contributed by atoms with Crippen LogP contribution in [-0.4, -0.2) is 47.2 Å². The summed E-state index contributed by atoms with van der Waals surface area (Å²) in [7, 11) is 2.86. The zero-order valence-corrected chi connectivity index (χ0v) is 19.7. The summed E-state index contributed by atoms with van der Waals surface area (Å²) in [6, 6.07) is 6.75. The van der Waals surface area contributed by atoms with Crippen LogP contribution >= 0.6 is 22.9 Å². The summed E-state index contributed by atoms with van der Waals surface area (Å²) >= 11 is 7.19. The lowest BCUT2D eigenvalue weighted by molar-refractivity contribution is -0.116. The number of imidazole rings is 1. The molecule has 0 radical (unpaired) electrons. The second-order valence-electron chi connectivity index (χ2n) is 7.29. The summed E-state index contributed by atoms with van der Waals surface area (Å²) < 4.78 is 3.57. The highest BCUT2D eigenvalue weighted by molar-refractivity contribution is 7.15. The third-order valence-electron chi connectivity index (χ3n) is 4.99. The molecule has 0 aliphatic rings. The molecule has 0 atom stereocenters. The van der Waals surface area contributed by atoms with E-state index in [4.69, 9.17) is 11.6 Å². The summed E-state index contributed by atoms with van der Waals surface area (Å²) in [6.07, 6.45) is 1.75. The largest absolute Gasteiger partial charge is 0.352 e. The number of fused-ring (bicyclic) bond motifs is 1. The molecule has 12 nitrogen and oxygen atoms in total. The van der Waals surface area contributed by atoms with Crippen LogP contribution in [0.1, 0.15) is 15.4 Å². The van der Waals surface area contributed by atoms with E-state index >= 15 is 0 Å². The number of nitrogens with one attached hydrogen (secondary N) is 2. The van der Waals surface area contributed by atoms with Crippen LogP contribution < -0.4 is 21.9 Å². The van der Waals surface area contributed by atoms with Crippen molar-refractivity contribution < 1.29 is 9.59 Å². The van der Waals surface area contributed by atoms with Gasteiger partial charge in [0.15, 0.2) is 11.2 Å². The van der Waals surface area contributed by atoms with Gasteiger partial charge in [-0.2, -0.15) is 0 Å². The monoisotopic (exact) mass is 502 g/mol. The maximum absolute atomic E-state index is 12.5. The molecule has 4 rings (SSSR count). The molecule has 3 aromatic heterocycles. The Morgan fingerprint density at radius 1 is 1.12 bits per heavy atom. The third-order valence-corrected chi connectivity index (χ3v) is 6.22. The molecule has 2 amide bonds. The topological polar surface area (TPSA) is 146 Å². The third kappa shape index (κ3) is 4.61. The summed E-state index contributed by atoms with van der Waals surface area (Å²) in [5.74, 6) is -0.732. The molecule has 0 unspecified atom stereocenters. The van der Waals surface area contributed by atoms with Crippen molar-refractivity contribution in [3.8, 4) is 0 Å². The zero-order chi connectivity index (χ0) is 24.4. The molecule has 0 saturated carbocycles. The number of aryl methyl sites for hydroxylation is 1. The lowest BCUT2D eigenvalue weighted by atomic mass is 10.2. The van der Waals surface area contributed by atoms with Gasteiger partial charge in [-0.05, 0) is 12.1 Å². The summed E-state index contributed by atoms with van der Waals surface area (Å²) in [4.78, 5) is 53.3. The van der Waals surface area contributed by atoms with Gasteiger partial charge in [0.1, 0.15) is 11.6 Å². The number of anilines is 1. The average molecular weight is 503 g/mol. The summed E-state index contributed by atoms with van der Waals surface area (Å²) in [5.41, 5.74) is -0.321. The van der Waals surface area contributed by atoms with Crippen molar-refractivity contribution in [2.75, 3.05) is 11.9 Å². The summed E-state index contributed by atoms with van der Waals surface area (Å²) in [6.45, 7) is 0.114. The standard InChI is InChI=1S/C20H19ClN8O4S/c1-27-16-15(18(32)28(2)20(27)33)29(10-23-16)9-13(30)24-19-26-25-14(34-19)7-8-22-17(31)11-5-3-4-6-12(11)21/h3-6,10H,7-9H2,1-2H3,(H,22,31)(H,24,26,30). The van der Waals surface area contributed by atoms with Crippen molar-refractivity contribution in [3.63, 3.8) is 0 Å². The molecule has 0 bridgehead atoms. The van der Waals surface area contributed by atoms with Gasteiger partial charge in [0.05, 0.1) is 16.9 Å². The molecule has 3 heterocycles. The van der Waals surface area contributed by atoms with E-state index in [1.165, 1.54) is 40.9 Å². The number of hydrogen-bond acceptors (Lipinski definition) is 8. The van der Waals surface area contributed by atoms with Gasteiger partial charge in [-0.1, -0.05) is 35.1 Å². The van der Waals surface area contributed by atoms with Crippen molar-refractivity contribution in [2.45, 2.75) is 13.0 Å². The van der Waals surface area contributed by atoms with Gasteiger partial charge in [0, 0.05) is 27.1 Å². The van der Waals surface area contributed by atoms with Crippen molar-refractivity contribution >= 4 is 51.0 Å². The molecular weight excluding hydrogens is 484 g/mol. The minimum atomic E-state index is -0.541. The molecule has 0 aliphatic carbocycles. The van der Waals surface area contributed by atoms with E-state index < -0.39 is 17.2 Å². The fourth-order valence-corrected chi connectivity index (χ4v) is 4.24. The van der Waals surface area contributed by atoms with E-state index in [-0.39, 0.29) is 28.7 Å². The van der Waals surface area contributed by atoms with Crippen LogP contribution in [0, 0.1) is 0 Å². The van der Waals surface area contributed by atoms with Gasteiger partial charge in [0.2, 0.25) is 11.0 Å². The first-order chi connectivity index (χ1) is 16.3. The SMILES string of the molecule is Cn1c(=O)c2c(ncn2CC(=O)Nc2nnc(CCNC(=O)c3ccccc3Cl)s2)n(C)c1=O. The first-order valence-corrected chi connectivity index (χ1v) is 11.2. The zero-order valence-electron chi connectivity index (χ0n) is 18.1. The van der Waals surface area contributed by atoms with Crippen molar-refractivity contribution in [3.05, 3.63) is 67.0 Å². The van der Waals surface area contributed by atoms with Crippen LogP contribution in [0.4, 0.5) is 5.13 Å². The molecule has 2 N–H and O–H groups in total. The molecule has 0 saturated heterocycles. The smallest absolute Gasteiger partial charge is 0.332 e. The fourth-order valence-electron chi connectivity index (χ4n) is 3.26. The molecule has 14 heteroatoms. The quantitative estimate of drug-likeness (QED) is 0.375.